The molecule has 2 rings (SSSR count). The molecule has 1 N–H and O–H groups in total. The fourth-order valence-electron chi connectivity index (χ4n) is 2.47. The van der Waals surface area contributed by atoms with Crippen molar-refractivity contribution < 1.29 is 8.42 Å². The lowest BCUT2D eigenvalue weighted by molar-refractivity contribution is 0.480. The average Bonchev–Trinajstić information content (AvgIpc) is 2.36. The Balaban J connectivity index is 1.88. The minimum atomic E-state index is -2.82. The number of nitrogens with one attached hydrogen (secondary N) is 1. The van der Waals surface area contributed by atoms with Crippen LogP contribution in [0.4, 0.5) is 0 Å². The second kappa shape index (κ2) is 6.06. The Bertz CT molecular complexity index is 505. The third kappa shape index (κ3) is 4.32. The molecule has 1 heterocycles. The highest BCUT2D eigenvalue weighted by Crippen LogP contribution is 2.16. The molecule has 1 saturated heterocycles. The van der Waals surface area contributed by atoms with Crippen molar-refractivity contribution in [2.75, 3.05) is 11.5 Å². The van der Waals surface area contributed by atoms with Gasteiger partial charge in [0.25, 0.3) is 0 Å². The Morgan fingerprint density at radius 1 is 1.26 bits per heavy atom. The highest BCUT2D eigenvalue weighted by atomic mass is 32.2. The van der Waals surface area contributed by atoms with Crippen molar-refractivity contribution in [3.05, 3.63) is 35.4 Å². The molecule has 0 aliphatic carbocycles. The summed E-state index contributed by atoms with van der Waals surface area (Å²) >= 11 is 0. The van der Waals surface area contributed by atoms with E-state index in [2.05, 4.69) is 43.4 Å². The van der Waals surface area contributed by atoms with Gasteiger partial charge in [-0.2, -0.15) is 0 Å². The van der Waals surface area contributed by atoms with Crippen molar-refractivity contribution in [3.63, 3.8) is 0 Å². The van der Waals surface area contributed by atoms with Crippen LogP contribution in [0.5, 0.6) is 0 Å². The highest BCUT2D eigenvalue weighted by Gasteiger charge is 2.23. The maximum absolute atomic E-state index is 11.6. The topological polar surface area (TPSA) is 46.2 Å². The summed E-state index contributed by atoms with van der Waals surface area (Å²) in [4.78, 5) is 0. The quantitative estimate of drug-likeness (QED) is 0.922. The van der Waals surface area contributed by atoms with Gasteiger partial charge in [-0.25, -0.2) is 8.42 Å². The molecule has 3 nitrogen and oxygen atoms in total. The summed E-state index contributed by atoms with van der Waals surface area (Å²) in [7, 11) is -2.82. The van der Waals surface area contributed by atoms with Crippen LogP contribution in [0.1, 0.15) is 43.7 Å². The summed E-state index contributed by atoms with van der Waals surface area (Å²) in [6.45, 7) is 5.11. The Labute approximate surface area is 116 Å². The van der Waals surface area contributed by atoms with Gasteiger partial charge in [0.05, 0.1) is 11.5 Å². The smallest absolute Gasteiger partial charge is 0.151 e. The molecule has 0 aromatic heterocycles. The molecule has 1 unspecified atom stereocenters. The van der Waals surface area contributed by atoms with E-state index in [1.807, 2.05) is 0 Å². The zero-order valence-electron chi connectivity index (χ0n) is 11.7. The molecule has 0 spiro atoms. The lowest BCUT2D eigenvalue weighted by atomic mass is 10.0. The van der Waals surface area contributed by atoms with Crippen LogP contribution in [0.25, 0.3) is 0 Å². The van der Waals surface area contributed by atoms with Gasteiger partial charge in [0.1, 0.15) is 0 Å². The number of hydrogen-bond acceptors (Lipinski definition) is 3. The van der Waals surface area contributed by atoms with Crippen LogP contribution in [0.2, 0.25) is 0 Å². The molecule has 19 heavy (non-hydrogen) atoms. The minimum Gasteiger partial charge on any atom is -0.309 e. The lowest BCUT2D eigenvalue weighted by Crippen LogP contribution is -2.39. The van der Waals surface area contributed by atoms with Gasteiger partial charge in [-0.1, -0.05) is 38.1 Å². The van der Waals surface area contributed by atoms with E-state index in [1.165, 1.54) is 11.1 Å². The van der Waals surface area contributed by atoms with E-state index in [1.54, 1.807) is 0 Å². The fraction of sp³-hybridized carbons (Fsp3) is 0.600. The van der Waals surface area contributed by atoms with Crippen molar-refractivity contribution in [2.24, 2.45) is 0 Å². The summed E-state index contributed by atoms with van der Waals surface area (Å²) in [5.41, 5.74) is 2.55. The Morgan fingerprint density at radius 3 is 2.53 bits per heavy atom. The van der Waals surface area contributed by atoms with E-state index in [0.717, 1.165) is 19.4 Å². The van der Waals surface area contributed by atoms with Crippen LogP contribution in [0, 0.1) is 0 Å². The summed E-state index contributed by atoms with van der Waals surface area (Å²) in [6.07, 6.45) is 1.75. The van der Waals surface area contributed by atoms with Crippen molar-refractivity contribution in [1.82, 2.24) is 5.32 Å². The average molecular weight is 281 g/mol. The van der Waals surface area contributed by atoms with Gasteiger partial charge in [0, 0.05) is 12.6 Å². The lowest BCUT2D eigenvalue weighted by Gasteiger charge is -2.23. The normalized spacial score (nSPS) is 22.6. The molecule has 1 aromatic rings. The number of benzene rings is 1. The molecular formula is C15H23NO2S. The van der Waals surface area contributed by atoms with E-state index in [9.17, 15) is 8.42 Å². The van der Waals surface area contributed by atoms with E-state index >= 15 is 0 Å². The van der Waals surface area contributed by atoms with Crippen LogP contribution in [-0.4, -0.2) is 26.0 Å². The first-order valence-corrected chi connectivity index (χ1v) is 8.81. The second-order valence-electron chi connectivity index (χ2n) is 5.73. The first-order chi connectivity index (χ1) is 8.96. The van der Waals surface area contributed by atoms with Crippen LogP contribution < -0.4 is 5.32 Å². The van der Waals surface area contributed by atoms with Gasteiger partial charge in [-0.05, 0) is 29.9 Å². The summed E-state index contributed by atoms with van der Waals surface area (Å²) in [5, 5.41) is 3.36. The molecule has 0 saturated carbocycles. The predicted octanol–water partition coefficient (Wildman–Crippen LogP) is 2.48. The van der Waals surface area contributed by atoms with Gasteiger partial charge in [-0.15, -0.1) is 0 Å². The van der Waals surface area contributed by atoms with Crippen molar-refractivity contribution in [2.45, 2.75) is 45.2 Å². The van der Waals surface area contributed by atoms with E-state index in [0.29, 0.717) is 11.7 Å². The second-order valence-corrected chi connectivity index (χ2v) is 7.96. The maximum Gasteiger partial charge on any atom is 0.151 e. The zero-order chi connectivity index (χ0) is 13.9. The molecule has 1 fully saturated rings. The minimum absolute atomic E-state index is 0.114. The van der Waals surface area contributed by atoms with Crippen molar-refractivity contribution >= 4 is 9.84 Å². The van der Waals surface area contributed by atoms with Gasteiger partial charge in [-0.3, -0.25) is 0 Å². The van der Waals surface area contributed by atoms with Crippen LogP contribution >= 0.6 is 0 Å². The monoisotopic (exact) mass is 281 g/mol. The molecule has 106 valence electrons. The van der Waals surface area contributed by atoms with Gasteiger partial charge in [0.15, 0.2) is 9.84 Å². The van der Waals surface area contributed by atoms with E-state index < -0.39 is 9.84 Å². The van der Waals surface area contributed by atoms with Crippen LogP contribution in [0.3, 0.4) is 0 Å². The number of hydrogen-bond donors (Lipinski definition) is 1. The third-order valence-corrected chi connectivity index (χ3v) is 5.53. The van der Waals surface area contributed by atoms with Gasteiger partial charge in [0.2, 0.25) is 0 Å². The van der Waals surface area contributed by atoms with Gasteiger partial charge >= 0.3 is 0 Å². The molecule has 1 aromatic carbocycles. The number of sulfone groups is 1. The first-order valence-electron chi connectivity index (χ1n) is 6.99. The SMILES string of the molecule is CC(C)c1ccc(CNC2CCCS(=O)(=O)C2)cc1. The summed E-state index contributed by atoms with van der Waals surface area (Å²) in [5.74, 6) is 1.19. The van der Waals surface area contributed by atoms with Crippen LogP contribution in [0.15, 0.2) is 24.3 Å². The van der Waals surface area contributed by atoms with Gasteiger partial charge < -0.3 is 5.32 Å². The molecule has 1 aliphatic heterocycles. The maximum atomic E-state index is 11.6. The predicted molar refractivity (Wildman–Crippen MR) is 79.0 cm³/mol. The van der Waals surface area contributed by atoms with Crippen molar-refractivity contribution in [3.8, 4) is 0 Å². The van der Waals surface area contributed by atoms with E-state index in [4.69, 9.17) is 0 Å². The zero-order valence-corrected chi connectivity index (χ0v) is 12.5. The molecule has 0 radical (unpaired) electrons. The largest absolute Gasteiger partial charge is 0.309 e. The third-order valence-electron chi connectivity index (χ3n) is 3.70. The summed E-state index contributed by atoms with van der Waals surface area (Å²) < 4.78 is 23.1. The molecular weight excluding hydrogens is 258 g/mol. The molecule has 0 bridgehead atoms. The summed E-state index contributed by atoms with van der Waals surface area (Å²) in [6, 6.07) is 8.67. The Hall–Kier alpha value is -0.870. The van der Waals surface area contributed by atoms with Crippen LogP contribution in [-0.2, 0) is 16.4 Å². The molecule has 0 amide bonds. The highest BCUT2D eigenvalue weighted by molar-refractivity contribution is 7.91. The fourth-order valence-corrected chi connectivity index (χ4v) is 4.14. The first kappa shape index (κ1) is 14.5. The molecule has 1 aliphatic rings. The molecule has 4 heteroatoms. The van der Waals surface area contributed by atoms with E-state index in [-0.39, 0.29) is 11.8 Å². The molecule has 1 atom stereocenters. The Kier molecular flexibility index (Phi) is 4.63. The Morgan fingerprint density at radius 2 is 1.95 bits per heavy atom. The standard InChI is InChI=1S/C15H23NO2S/c1-12(2)14-7-5-13(6-8-14)10-16-15-4-3-9-19(17,18)11-15/h5-8,12,15-16H,3-4,9-11H2,1-2H3. The van der Waals surface area contributed by atoms with Crippen molar-refractivity contribution in [1.29, 1.82) is 0 Å². The number of rotatable bonds is 4.